The van der Waals surface area contributed by atoms with Gasteiger partial charge in [0.15, 0.2) is 0 Å². The Hall–Kier alpha value is -0.810. The van der Waals surface area contributed by atoms with Crippen LogP contribution in [0.2, 0.25) is 0 Å². The van der Waals surface area contributed by atoms with Crippen molar-refractivity contribution in [2.24, 2.45) is 0 Å². The highest BCUT2D eigenvalue weighted by molar-refractivity contribution is 5.66. The summed E-state index contributed by atoms with van der Waals surface area (Å²) < 4.78 is 9.40. The maximum absolute atomic E-state index is 10.8. The van der Waals surface area contributed by atoms with E-state index in [0.29, 0.717) is 13.2 Å². The van der Waals surface area contributed by atoms with Gasteiger partial charge in [-0.15, -0.1) is 0 Å². The van der Waals surface area contributed by atoms with E-state index in [0.717, 1.165) is 12.8 Å². The molecule has 0 spiro atoms. The monoisotopic (exact) mass is 191 g/mol. The van der Waals surface area contributed by atoms with Crippen LogP contribution in [-0.4, -0.2) is 44.7 Å². The van der Waals surface area contributed by atoms with E-state index in [1.54, 1.807) is 7.11 Å². The summed E-state index contributed by atoms with van der Waals surface area (Å²) in [6, 6.07) is 0. The lowest BCUT2D eigenvalue weighted by Gasteiger charge is -2.04. The number of carbonyl (C=O) groups excluding carboxylic acids is 1. The molecule has 0 aliphatic rings. The highest BCUT2D eigenvalue weighted by Gasteiger charge is 1.98. The summed E-state index contributed by atoms with van der Waals surface area (Å²) >= 11 is 0. The molecule has 78 valence electrons. The number of hydrogen-bond donors (Lipinski definition) is 2. The summed E-state index contributed by atoms with van der Waals surface area (Å²) in [6.07, 6.45) is 1.30. The van der Waals surface area contributed by atoms with Gasteiger partial charge >= 0.3 is 6.09 Å². The highest BCUT2D eigenvalue weighted by Crippen LogP contribution is 1.87. The topological polar surface area (TPSA) is 67.8 Å². The van der Waals surface area contributed by atoms with Crippen molar-refractivity contribution in [1.29, 1.82) is 0 Å². The van der Waals surface area contributed by atoms with Crippen molar-refractivity contribution in [2.45, 2.75) is 12.8 Å². The van der Waals surface area contributed by atoms with Crippen molar-refractivity contribution in [1.82, 2.24) is 5.32 Å². The minimum absolute atomic E-state index is 0.0455. The lowest BCUT2D eigenvalue weighted by atomic mass is 10.3. The number of aliphatic hydroxyl groups is 1. The van der Waals surface area contributed by atoms with Gasteiger partial charge in [-0.25, -0.2) is 4.79 Å². The smallest absolute Gasteiger partial charge is 0.407 e. The molecule has 0 saturated heterocycles. The van der Waals surface area contributed by atoms with E-state index in [1.165, 1.54) is 0 Å². The zero-order valence-electron chi connectivity index (χ0n) is 7.91. The molecule has 0 radical (unpaired) electrons. The molecule has 0 saturated carbocycles. The fraction of sp³-hybridized carbons (Fsp3) is 0.875. The van der Waals surface area contributed by atoms with Crippen LogP contribution in [-0.2, 0) is 9.47 Å². The van der Waals surface area contributed by atoms with E-state index < -0.39 is 6.09 Å². The molecule has 1 amide bonds. The molecular formula is C8H17NO4. The molecule has 5 nitrogen and oxygen atoms in total. The second kappa shape index (κ2) is 9.28. The average molecular weight is 191 g/mol. The van der Waals surface area contributed by atoms with E-state index in [4.69, 9.17) is 9.84 Å². The highest BCUT2D eigenvalue weighted by atomic mass is 16.6. The third-order valence-electron chi connectivity index (χ3n) is 1.37. The molecule has 2 N–H and O–H groups in total. The van der Waals surface area contributed by atoms with Gasteiger partial charge in [-0.1, -0.05) is 0 Å². The van der Waals surface area contributed by atoms with Gasteiger partial charge in [0.2, 0.25) is 0 Å². The molecule has 0 fully saturated rings. The number of ether oxygens (including phenoxy) is 2. The fourth-order valence-electron chi connectivity index (χ4n) is 0.751. The molecule has 0 aromatic carbocycles. The number of aliphatic hydroxyl groups excluding tert-OH is 1. The molecule has 0 heterocycles. The Morgan fingerprint density at radius 1 is 1.38 bits per heavy atom. The second-order valence-corrected chi connectivity index (χ2v) is 2.49. The quantitative estimate of drug-likeness (QED) is 0.561. The van der Waals surface area contributed by atoms with Crippen LogP contribution in [0.4, 0.5) is 4.79 Å². The first-order valence-corrected chi connectivity index (χ1v) is 4.31. The summed E-state index contributed by atoms with van der Waals surface area (Å²) in [7, 11) is 1.64. The second-order valence-electron chi connectivity index (χ2n) is 2.49. The van der Waals surface area contributed by atoms with Crippen LogP contribution in [0.15, 0.2) is 0 Å². The summed E-state index contributed by atoms with van der Waals surface area (Å²) in [4.78, 5) is 10.8. The Morgan fingerprint density at radius 2 is 2.15 bits per heavy atom. The number of nitrogens with one attached hydrogen (secondary N) is 1. The van der Waals surface area contributed by atoms with Crippen LogP contribution < -0.4 is 5.32 Å². The first kappa shape index (κ1) is 12.2. The van der Waals surface area contributed by atoms with Gasteiger partial charge in [0.25, 0.3) is 0 Å². The molecular weight excluding hydrogens is 174 g/mol. The van der Waals surface area contributed by atoms with Gasteiger partial charge in [0.1, 0.15) is 6.61 Å². The zero-order valence-corrected chi connectivity index (χ0v) is 7.91. The minimum atomic E-state index is -0.480. The number of hydrogen-bond acceptors (Lipinski definition) is 4. The molecule has 0 unspecified atom stereocenters. The van der Waals surface area contributed by atoms with Gasteiger partial charge < -0.3 is 19.9 Å². The summed E-state index contributed by atoms with van der Waals surface area (Å²) in [5.74, 6) is 0. The van der Waals surface area contributed by atoms with Crippen molar-refractivity contribution in [3.05, 3.63) is 0 Å². The van der Waals surface area contributed by atoms with Crippen LogP contribution in [0.25, 0.3) is 0 Å². The van der Waals surface area contributed by atoms with Crippen LogP contribution in [0, 0.1) is 0 Å². The molecule has 0 rings (SSSR count). The van der Waals surface area contributed by atoms with Crippen LogP contribution in [0.1, 0.15) is 12.8 Å². The van der Waals surface area contributed by atoms with E-state index in [9.17, 15) is 4.79 Å². The van der Waals surface area contributed by atoms with Gasteiger partial charge in [-0.2, -0.15) is 0 Å². The first-order valence-electron chi connectivity index (χ1n) is 4.31. The molecule has 0 aromatic rings. The van der Waals surface area contributed by atoms with Gasteiger partial charge in [0.05, 0.1) is 6.61 Å². The Morgan fingerprint density at radius 3 is 2.77 bits per heavy atom. The fourth-order valence-corrected chi connectivity index (χ4v) is 0.751. The lowest BCUT2D eigenvalue weighted by Crippen LogP contribution is -2.26. The molecule has 5 heteroatoms. The Labute approximate surface area is 78.0 Å². The Bertz CT molecular complexity index is 129. The van der Waals surface area contributed by atoms with Crippen LogP contribution in [0.3, 0.4) is 0 Å². The Kier molecular flexibility index (Phi) is 8.70. The van der Waals surface area contributed by atoms with E-state index in [1.807, 2.05) is 0 Å². The summed E-state index contributed by atoms with van der Waals surface area (Å²) in [5, 5.41) is 10.9. The Balaban J connectivity index is 3.08. The number of rotatable bonds is 7. The van der Waals surface area contributed by atoms with Crippen molar-refractivity contribution >= 4 is 6.09 Å². The van der Waals surface area contributed by atoms with E-state index >= 15 is 0 Å². The first-order chi connectivity index (χ1) is 6.31. The zero-order chi connectivity index (χ0) is 9.94. The molecule has 0 atom stereocenters. The number of alkyl carbamates (subject to hydrolysis) is 1. The standard InChI is InChI=1S/C8H17NO4/c1-12-6-3-2-4-9-8(11)13-7-5-10/h10H,2-7H2,1H3,(H,9,11). The number of unbranched alkanes of at least 4 members (excludes halogenated alkanes) is 1. The number of methoxy groups -OCH3 is 1. The third kappa shape index (κ3) is 9.10. The van der Waals surface area contributed by atoms with Crippen molar-refractivity contribution in [3.63, 3.8) is 0 Å². The van der Waals surface area contributed by atoms with Gasteiger partial charge in [-0.05, 0) is 12.8 Å². The predicted molar refractivity (Wildman–Crippen MR) is 47.5 cm³/mol. The molecule has 0 bridgehead atoms. The largest absolute Gasteiger partial charge is 0.447 e. The summed E-state index contributed by atoms with van der Waals surface area (Å²) in [6.45, 7) is 1.18. The lowest BCUT2D eigenvalue weighted by molar-refractivity contribution is 0.118. The minimum Gasteiger partial charge on any atom is -0.447 e. The molecule has 0 aromatic heterocycles. The SMILES string of the molecule is COCCCCNC(=O)OCCO. The van der Waals surface area contributed by atoms with Crippen LogP contribution >= 0.6 is 0 Å². The third-order valence-corrected chi connectivity index (χ3v) is 1.37. The van der Waals surface area contributed by atoms with Crippen molar-refractivity contribution in [2.75, 3.05) is 33.5 Å². The van der Waals surface area contributed by atoms with Gasteiger partial charge in [-0.3, -0.25) is 0 Å². The predicted octanol–water partition coefficient (Wildman–Crippen LogP) is 0.132. The molecule has 13 heavy (non-hydrogen) atoms. The molecule has 0 aliphatic heterocycles. The summed E-state index contributed by atoms with van der Waals surface area (Å²) in [5.41, 5.74) is 0. The van der Waals surface area contributed by atoms with Crippen molar-refractivity contribution < 1.29 is 19.4 Å². The maximum Gasteiger partial charge on any atom is 0.407 e. The molecule has 0 aliphatic carbocycles. The maximum atomic E-state index is 10.8. The number of carbonyl (C=O) groups is 1. The van der Waals surface area contributed by atoms with Crippen LogP contribution in [0.5, 0.6) is 0 Å². The van der Waals surface area contributed by atoms with Gasteiger partial charge in [0, 0.05) is 20.3 Å². The average Bonchev–Trinajstić information content (AvgIpc) is 2.14. The number of amides is 1. The van der Waals surface area contributed by atoms with E-state index in [-0.39, 0.29) is 13.2 Å². The van der Waals surface area contributed by atoms with Crippen molar-refractivity contribution in [3.8, 4) is 0 Å². The van der Waals surface area contributed by atoms with E-state index in [2.05, 4.69) is 10.1 Å². The normalized spacial score (nSPS) is 9.69.